The van der Waals surface area contributed by atoms with E-state index < -0.39 is 5.60 Å². The molecular formula is C38H40FN7O4. The van der Waals surface area contributed by atoms with Gasteiger partial charge in [-0.15, -0.1) is 0 Å². The molecular weight excluding hydrogens is 637 g/mol. The zero-order chi connectivity index (χ0) is 34.9. The molecule has 3 aliphatic heterocycles. The summed E-state index contributed by atoms with van der Waals surface area (Å²) < 4.78 is 27.8. The normalized spacial score (nSPS) is 22.2. The second-order valence-corrected chi connectivity index (χ2v) is 15.5. The summed E-state index contributed by atoms with van der Waals surface area (Å²) in [5.74, 6) is 1.76. The van der Waals surface area contributed by atoms with E-state index in [-0.39, 0.29) is 29.3 Å². The Hall–Kier alpha value is -5.18. The minimum Gasteiger partial charge on any atom is -0.489 e. The van der Waals surface area contributed by atoms with Crippen molar-refractivity contribution in [1.29, 1.82) is 5.26 Å². The molecule has 8 rings (SSSR count). The lowest BCUT2D eigenvalue weighted by Gasteiger charge is -2.60. The Labute approximate surface area is 290 Å². The lowest BCUT2D eigenvalue weighted by atomic mass is 9.72. The number of ether oxygens (including phenoxy) is 2. The maximum absolute atomic E-state index is 14.0. The molecule has 50 heavy (non-hydrogen) atoms. The third-order valence-corrected chi connectivity index (χ3v) is 10.6. The molecule has 258 valence electrons. The van der Waals surface area contributed by atoms with Crippen molar-refractivity contribution in [2.24, 2.45) is 17.3 Å². The second-order valence-electron chi connectivity index (χ2n) is 15.5. The molecule has 11 nitrogen and oxygen atoms in total. The summed E-state index contributed by atoms with van der Waals surface area (Å²) in [7, 11) is 0. The van der Waals surface area contributed by atoms with E-state index in [0.29, 0.717) is 66.0 Å². The van der Waals surface area contributed by atoms with Crippen LogP contribution in [0.25, 0.3) is 16.6 Å². The van der Waals surface area contributed by atoms with Crippen molar-refractivity contribution in [2.75, 3.05) is 44.2 Å². The monoisotopic (exact) mass is 677 g/mol. The topological polar surface area (TPSA) is 116 Å². The van der Waals surface area contributed by atoms with Crippen LogP contribution in [0.3, 0.4) is 0 Å². The number of hydrogen-bond donors (Lipinski definition) is 0. The van der Waals surface area contributed by atoms with E-state index in [9.17, 15) is 19.2 Å². The van der Waals surface area contributed by atoms with Gasteiger partial charge in [0, 0.05) is 67.6 Å². The maximum Gasteiger partial charge on any atom is 0.410 e. The van der Waals surface area contributed by atoms with E-state index in [0.717, 1.165) is 42.9 Å². The second kappa shape index (κ2) is 11.7. The molecule has 4 fully saturated rings. The van der Waals surface area contributed by atoms with Crippen molar-refractivity contribution >= 4 is 23.3 Å². The fraction of sp³-hybridized carbons (Fsp3) is 0.447. The average Bonchev–Trinajstić information content (AvgIpc) is 3.73. The summed E-state index contributed by atoms with van der Waals surface area (Å²) in [5, 5.41) is 14.3. The Kier molecular flexibility index (Phi) is 7.51. The van der Waals surface area contributed by atoms with Crippen molar-refractivity contribution in [3.05, 3.63) is 77.5 Å². The molecule has 4 aromatic rings. The van der Waals surface area contributed by atoms with Gasteiger partial charge in [-0.05, 0) is 88.3 Å². The van der Waals surface area contributed by atoms with Crippen molar-refractivity contribution in [3.8, 4) is 22.9 Å². The van der Waals surface area contributed by atoms with Crippen LogP contribution in [0.1, 0.15) is 55.1 Å². The van der Waals surface area contributed by atoms with Gasteiger partial charge >= 0.3 is 6.09 Å². The minimum absolute atomic E-state index is 0.0110. The highest BCUT2D eigenvalue weighted by Crippen LogP contribution is 2.43. The third-order valence-electron chi connectivity index (χ3n) is 10.6. The molecule has 2 atom stereocenters. The number of halogens is 1. The van der Waals surface area contributed by atoms with Crippen LogP contribution in [0.15, 0.2) is 55.0 Å². The number of carbonyl (C=O) groups is 2. The van der Waals surface area contributed by atoms with Gasteiger partial charge in [-0.2, -0.15) is 10.4 Å². The first-order chi connectivity index (χ1) is 23.9. The summed E-state index contributed by atoms with van der Waals surface area (Å²) in [6.07, 6.45) is 6.67. The van der Waals surface area contributed by atoms with Crippen LogP contribution < -0.4 is 9.64 Å². The van der Waals surface area contributed by atoms with E-state index in [1.165, 1.54) is 6.07 Å². The minimum atomic E-state index is -0.518. The molecule has 3 aromatic heterocycles. The van der Waals surface area contributed by atoms with Crippen molar-refractivity contribution in [2.45, 2.75) is 52.2 Å². The maximum atomic E-state index is 14.0. The molecule has 6 heterocycles. The van der Waals surface area contributed by atoms with Gasteiger partial charge in [-0.25, -0.2) is 18.7 Å². The number of nitrogens with zero attached hydrogens (tertiary/aromatic N) is 7. The molecule has 1 saturated carbocycles. The number of aromatic nitrogens is 3. The highest BCUT2D eigenvalue weighted by Gasteiger charge is 2.53. The van der Waals surface area contributed by atoms with Crippen LogP contribution in [-0.2, 0) is 4.74 Å². The van der Waals surface area contributed by atoms with Crippen LogP contribution in [0.5, 0.6) is 5.75 Å². The van der Waals surface area contributed by atoms with Crippen molar-refractivity contribution in [3.63, 3.8) is 0 Å². The van der Waals surface area contributed by atoms with E-state index in [2.05, 4.69) is 16.1 Å². The van der Waals surface area contributed by atoms with Gasteiger partial charge in [-0.1, -0.05) is 6.07 Å². The number of nitriles is 1. The first-order valence-corrected chi connectivity index (χ1v) is 17.2. The Morgan fingerprint density at radius 3 is 2.42 bits per heavy atom. The molecule has 2 unspecified atom stereocenters. The van der Waals surface area contributed by atoms with Gasteiger partial charge in [-0.3, -0.25) is 4.79 Å². The zero-order valence-corrected chi connectivity index (χ0v) is 28.7. The Morgan fingerprint density at radius 2 is 1.76 bits per heavy atom. The Morgan fingerprint density at radius 1 is 1.02 bits per heavy atom. The van der Waals surface area contributed by atoms with Gasteiger partial charge < -0.3 is 24.2 Å². The summed E-state index contributed by atoms with van der Waals surface area (Å²) in [4.78, 5) is 36.2. The smallest absolute Gasteiger partial charge is 0.410 e. The third kappa shape index (κ3) is 5.68. The predicted molar refractivity (Wildman–Crippen MR) is 183 cm³/mol. The predicted octanol–water partition coefficient (Wildman–Crippen LogP) is 5.70. The quantitative estimate of drug-likeness (QED) is 0.264. The number of hydrogen-bond acceptors (Lipinski definition) is 8. The lowest BCUT2D eigenvalue weighted by molar-refractivity contribution is -0.0108. The number of anilines is 1. The van der Waals surface area contributed by atoms with Crippen molar-refractivity contribution in [1.82, 2.24) is 24.4 Å². The summed E-state index contributed by atoms with van der Waals surface area (Å²) in [6.45, 7) is 11.5. The lowest BCUT2D eigenvalue weighted by Crippen LogP contribution is -2.73. The molecule has 1 aliphatic carbocycles. The summed E-state index contributed by atoms with van der Waals surface area (Å²) in [5.41, 5.74) is 3.14. The van der Waals surface area contributed by atoms with Gasteiger partial charge in [0.1, 0.15) is 29.1 Å². The number of fused-ring (bicyclic) bond motifs is 2. The van der Waals surface area contributed by atoms with Gasteiger partial charge in [0.2, 0.25) is 0 Å². The van der Waals surface area contributed by atoms with E-state index >= 15 is 0 Å². The number of benzene rings is 1. The first kappa shape index (κ1) is 32.0. The van der Waals surface area contributed by atoms with Gasteiger partial charge in [0.05, 0.1) is 29.6 Å². The van der Waals surface area contributed by atoms with Crippen molar-refractivity contribution < 1.29 is 23.5 Å². The van der Waals surface area contributed by atoms with Crippen LogP contribution in [0.2, 0.25) is 0 Å². The fourth-order valence-corrected chi connectivity index (χ4v) is 8.25. The van der Waals surface area contributed by atoms with Gasteiger partial charge in [0.25, 0.3) is 5.91 Å². The number of likely N-dealkylation sites (tertiary alicyclic amines) is 2. The highest BCUT2D eigenvalue weighted by molar-refractivity contribution is 5.96. The molecule has 3 saturated heterocycles. The molecule has 2 amide bonds. The molecule has 0 bridgehead atoms. The summed E-state index contributed by atoms with van der Waals surface area (Å²) in [6, 6.07) is 12.9. The largest absolute Gasteiger partial charge is 0.489 e. The Bertz CT molecular complexity index is 2020. The van der Waals surface area contributed by atoms with E-state index in [4.69, 9.17) is 14.5 Å². The summed E-state index contributed by atoms with van der Waals surface area (Å²) >= 11 is 0. The molecule has 1 spiro atoms. The SMILES string of the molecule is Cc1c(F)cccc1C(=O)N1CC2(C1)CN(c1ccc(-c3cc(OC4CC5CN(C(=O)OC(C)(C)C)CC5C4)cn4ncc(C#N)c34)cn1)C2. The average molecular weight is 678 g/mol. The molecule has 0 radical (unpaired) electrons. The van der Waals surface area contributed by atoms with Crippen LogP contribution >= 0.6 is 0 Å². The number of amides is 2. The molecule has 0 N–H and O–H groups in total. The van der Waals surface area contributed by atoms with Gasteiger partial charge in [0.15, 0.2) is 0 Å². The van der Waals surface area contributed by atoms with Crippen LogP contribution in [0.4, 0.5) is 15.0 Å². The van der Waals surface area contributed by atoms with Crippen LogP contribution in [0, 0.1) is 41.3 Å². The molecule has 1 aromatic carbocycles. The first-order valence-electron chi connectivity index (χ1n) is 17.2. The highest BCUT2D eigenvalue weighted by atomic mass is 19.1. The van der Waals surface area contributed by atoms with E-state index in [1.807, 2.05) is 56.3 Å². The zero-order valence-electron chi connectivity index (χ0n) is 28.7. The molecule has 12 heteroatoms. The van der Waals surface area contributed by atoms with Crippen LogP contribution in [-0.4, -0.2) is 87.4 Å². The molecule has 4 aliphatic rings. The standard InChI is InChI=1S/C38H40FN7O4/c1-23-30(6-5-7-32(23)39)35(47)45-21-38(22-45)19-44(20-38)33-9-8-24(14-41-33)31-12-29(18-46-34(31)27(13-40)15-42-46)49-28-10-25-16-43(17-26(25)11-28)36(48)50-37(2,3)4/h5-9,12,14-15,18,25-26,28H,10-11,16-17,19-22H2,1-4H3. The number of pyridine rings is 2. The number of carbonyl (C=O) groups excluding carboxylic acids is 2. The fourth-order valence-electron chi connectivity index (χ4n) is 8.25. The number of rotatable bonds is 5. The van der Waals surface area contributed by atoms with E-state index in [1.54, 1.807) is 34.7 Å². The Balaban J connectivity index is 0.926.